The lowest BCUT2D eigenvalue weighted by Gasteiger charge is -2.16. The summed E-state index contributed by atoms with van der Waals surface area (Å²) in [5, 5.41) is 2.58. The van der Waals surface area contributed by atoms with Gasteiger partial charge in [-0.05, 0) is 48.9 Å². The third-order valence-corrected chi connectivity index (χ3v) is 3.48. The average Bonchev–Trinajstić information content (AvgIpc) is 2.59. The smallest absolute Gasteiger partial charge is 0.416 e. The number of nitrogens with one attached hydrogen (secondary N) is 1. The zero-order valence-electron chi connectivity index (χ0n) is 13.3. The second-order valence-corrected chi connectivity index (χ2v) is 5.39. The van der Waals surface area contributed by atoms with E-state index in [0.29, 0.717) is 23.2 Å². The summed E-state index contributed by atoms with van der Waals surface area (Å²) in [6.45, 7) is 1.30. The minimum atomic E-state index is -4.43. The molecule has 0 radical (unpaired) electrons. The molecule has 0 bridgehead atoms. The first-order chi connectivity index (χ1) is 11.8. The number of carbonyl (C=O) groups excluding carboxylic acids is 2. The van der Waals surface area contributed by atoms with Gasteiger partial charge in [0.05, 0.1) is 11.6 Å². The molecule has 2 aromatic carbocycles. The molecule has 1 atom stereocenters. The van der Waals surface area contributed by atoms with Crippen LogP contribution in [0.3, 0.4) is 0 Å². The number of hydrogen-bond acceptors (Lipinski definition) is 3. The van der Waals surface area contributed by atoms with E-state index < -0.39 is 23.7 Å². The van der Waals surface area contributed by atoms with E-state index in [1.165, 1.54) is 12.1 Å². The topological polar surface area (TPSA) is 55.4 Å². The molecule has 0 aliphatic carbocycles. The van der Waals surface area contributed by atoms with Crippen molar-refractivity contribution < 1.29 is 27.5 Å². The summed E-state index contributed by atoms with van der Waals surface area (Å²) in [5.41, 5.74) is 0.0612. The lowest BCUT2D eigenvalue weighted by atomic mass is 10.0. The van der Waals surface area contributed by atoms with Crippen LogP contribution in [0.4, 0.5) is 13.2 Å². The van der Waals surface area contributed by atoms with E-state index in [1.54, 1.807) is 31.2 Å². The SMILES string of the molecule is CC(NC(=O)COc1ccc(C=O)cc1)c1cccc(C(F)(F)F)c1. The third kappa shape index (κ3) is 5.34. The summed E-state index contributed by atoms with van der Waals surface area (Å²) in [5.74, 6) is -0.0585. The predicted octanol–water partition coefficient (Wildman–Crippen LogP) is 3.77. The van der Waals surface area contributed by atoms with Crippen LogP contribution in [0.15, 0.2) is 48.5 Å². The van der Waals surface area contributed by atoms with Crippen LogP contribution in [0.25, 0.3) is 0 Å². The second kappa shape index (κ2) is 7.83. The summed E-state index contributed by atoms with van der Waals surface area (Å²) in [4.78, 5) is 22.4. The highest BCUT2D eigenvalue weighted by Gasteiger charge is 2.30. The standard InChI is InChI=1S/C18H16F3NO3/c1-12(14-3-2-4-15(9-14)18(19,20)21)22-17(24)11-25-16-7-5-13(10-23)6-8-16/h2-10,12H,11H2,1H3,(H,22,24). The Balaban J connectivity index is 1.92. The zero-order valence-corrected chi connectivity index (χ0v) is 13.3. The predicted molar refractivity (Wildman–Crippen MR) is 85.3 cm³/mol. The highest BCUT2D eigenvalue weighted by atomic mass is 19.4. The van der Waals surface area contributed by atoms with E-state index >= 15 is 0 Å². The normalized spacial score (nSPS) is 12.3. The average molecular weight is 351 g/mol. The van der Waals surface area contributed by atoms with Crippen molar-refractivity contribution in [1.82, 2.24) is 5.32 Å². The number of rotatable bonds is 6. The fourth-order valence-corrected chi connectivity index (χ4v) is 2.14. The number of benzene rings is 2. The monoisotopic (exact) mass is 351 g/mol. The Morgan fingerprint density at radius 3 is 2.48 bits per heavy atom. The van der Waals surface area contributed by atoms with Crippen LogP contribution in [-0.2, 0) is 11.0 Å². The van der Waals surface area contributed by atoms with Crippen LogP contribution in [0, 0.1) is 0 Å². The van der Waals surface area contributed by atoms with Gasteiger partial charge in [0.25, 0.3) is 5.91 Å². The molecule has 132 valence electrons. The van der Waals surface area contributed by atoms with E-state index in [2.05, 4.69) is 5.32 Å². The molecule has 0 saturated heterocycles. The molecular weight excluding hydrogens is 335 g/mol. The number of alkyl halides is 3. The van der Waals surface area contributed by atoms with Gasteiger partial charge in [0.2, 0.25) is 0 Å². The first-order valence-corrected chi connectivity index (χ1v) is 7.44. The molecule has 0 aliphatic heterocycles. The lowest BCUT2D eigenvalue weighted by molar-refractivity contribution is -0.137. The minimum absolute atomic E-state index is 0.288. The first-order valence-electron chi connectivity index (χ1n) is 7.44. The Morgan fingerprint density at radius 1 is 1.20 bits per heavy atom. The third-order valence-electron chi connectivity index (χ3n) is 3.48. The van der Waals surface area contributed by atoms with E-state index in [-0.39, 0.29) is 6.61 Å². The van der Waals surface area contributed by atoms with Crippen molar-refractivity contribution in [3.63, 3.8) is 0 Å². The number of hydrogen-bond donors (Lipinski definition) is 1. The Labute approximate surface area is 142 Å². The van der Waals surface area contributed by atoms with Gasteiger partial charge in [-0.1, -0.05) is 12.1 Å². The van der Waals surface area contributed by atoms with E-state index in [9.17, 15) is 22.8 Å². The quantitative estimate of drug-likeness (QED) is 0.806. The highest BCUT2D eigenvalue weighted by molar-refractivity contribution is 5.78. The molecule has 1 unspecified atom stereocenters. The Hall–Kier alpha value is -2.83. The summed E-state index contributed by atoms with van der Waals surface area (Å²) in [6, 6.07) is 10.4. The number of aldehydes is 1. The number of ether oxygens (including phenoxy) is 1. The molecule has 0 spiro atoms. The van der Waals surface area contributed by atoms with Crippen molar-refractivity contribution in [1.29, 1.82) is 0 Å². The van der Waals surface area contributed by atoms with E-state index in [1.807, 2.05) is 0 Å². The molecule has 0 saturated carbocycles. The van der Waals surface area contributed by atoms with E-state index in [0.717, 1.165) is 12.1 Å². The molecule has 0 aliphatic rings. The van der Waals surface area contributed by atoms with Crippen LogP contribution in [0.5, 0.6) is 5.75 Å². The van der Waals surface area contributed by atoms with Crippen LogP contribution in [0.2, 0.25) is 0 Å². The molecule has 7 heteroatoms. The molecule has 2 aromatic rings. The maximum absolute atomic E-state index is 12.7. The van der Waals surface area contributed by atoms with Crippen LogP contribution in [0.1, 0.15) is 34.5 Å². The van der Waals surface area contributed by atoms with Crippen LogP contribution < -0.4 is 10.1 Å². The van der Waals surface area contributed by atoms with Crippen molar-refractivity contribution >= 4 is 12.2 Å². The van der Waals surface area contributed by atoms with Crippen LogP contribution in [-0.4, -0.2) is 18.8 Å². The van der Waals surface area contributed by atoms with Crippen LogP contribution >= 0.6 is 0 Å². The maximum Gasteiger partial charge on any atom is 0.416 e. The maximum atomic E-state index is 12.7. The Kier molecular flexibility index (Phi) is 5.80. The molecule has 0 heterocycles. The van der Waals surface area contributed by atoms with Gasteiger partial charge in [0.15, 0.2) is 6.61 Å². The lowest BCUT2D eigenvalue weighted by Crippen LogP contribution is -2.31. The Morgan fingerprint density at radius 2 is 1.88 bits per heavy atom. The van der Waals surface area contributed by atoms with Gasteiger partial charge in [0.1, 0.15) is 12.0 Å². The summed E-state index contributed by atoms with van der Waals surface area (Å²) in [7, 11) is 0. The largest absolute Gasteiger partial charge is 0.484 e. The molecular formula is C18H16F3NO3. The molecule has 2 rings (SSSR count). The van der Waals surface area contributed by atoms with Crippen molar-refractivity contribution in [3.05, 3.63) is 65.2 Å². The van der Waals surface area contributed by atoms with Gasteiger partial charge < -0.3 is 10.1 Å². The molecule has 1 amide bonds. The number of amides is 1. The van der Waals surface area contributed by atoms with Gasteiger partial charge >= 0.3 is 6.18 Å². The van der Waals surface area contributed by atoms with Gasteiger partial charge in [-0.25, -0.2) is 0 Å². The highest BCUT2D eigenvalue weighted by Crippen LogP contribution is 2.30. The van der Waals surface area contributed by atoms with Crippen molar-refractivity contribution in [3.8, 4) is 5.75 Å². The fraction of sp³-hybridized carbons (Fsp3) is 0.222. The van der Waals surface area contributed by atoms with Gasteiger partial charge in [-0.3, -0.25) is 9.59 Å². The Bertz CT molecular complexity index is 742. The number of carbonyl (C=O) groups is 2. The van der Waals surface area contributed by atoms with Gasteiger partial charge in [-0.2, -0.15) is 13.2 Å². The summed E-state index contributed by atoms with van der Waals surface area (Å²) in [6.07, 6.45) is -3.75. The molecule has 1 N–H and O–H groups in total. The minimum Gasteiger partial charge on any atom is -0.484 e. The van der Waals surface area contributed by atoms with Gasteiger partial charge in [-0.15, -0.1) is 0 Å². The molecule has 25 heavy (non-hydrogen) atoms. The number of halogens is 3. The summed E-state index contributed by atoms with van der Waals surface area (Å²) >= 11 is 0. The van der Waals surface area contributed by atoms with Crippen molar-refractivity contribution in [2.24, 2.45) is 0 Å². The fourth-order valence-electron chi connectivity index (χ4n) is 2.14. The van der Waals surface area contributed by atoms with Crippen molar-refractivity contribution in [2.45, 2.75) is 19.1 Å². The second-order valence-electron chi connectivity index (χ2n) is 5.39. The van der Waals surface area contributed by atoms with Crippen molar-refractivity contribution in [2.75, 3.05) is 6.61 Å². The molecule has 0 aromatic heterocycles. The summed E-state index contributed by atoms with van der Waals surface area (Å²) < 4.78 is 43.5. The van der Waals surface area contributed by atoms with Gasteiger partial charge in [0, 0.05) is 5.56 Å². The first kappa shape index (κ1) is 18.5. The molecule has 4 nitrogen and oxygen atoms in total. The zero-order chi connectivity index (χ0) is 18.4. The van der Waals surface area contributed by atoms with E-state index in [4.69, 9.17) is 4.74 Å². The molecule has 0 fully saturated rings.